The molecule has 0 N–H and O–H groups in total. The molecule has 16 heavy (non-hydrogen) atoms. The van der Waals surface area contributed by atoms with Gasteiger partial charge in [-0.25, -0.2) is 0 Å². The summed E-state index contributed by atoms with van der Waals surface area (Å²) < 4.78 is 2.12. The van der Waals surface area contributed by atoms with Gasteiger partial charge in [-0.3, -0.25) is 0 Å². The molecule has 0 fully saturated rings. The molecule has 2 rings (SSSR count). The second kappa shape index (κ2) is 3.70. The first-order valence-electron chi connectivity index (χ1n) is 5.37. The Bertz CT molecular complexity index is 483. The van der Waals surface area contributed by atoms with Gasteiger partial charge in [-0.1, -0.05) is 0 Å². The number of nitrogens with zero attached hydrogens (tertiary/aromatic N) is 3. The molecule has 0 amide bonds. The van der Waals surface area contributed by atoms with E-state index in [0.717, 1.165) is 5.82 Å². The molecule has 0 unspecified atom stereocenters. The van der Waals surface area contributed by atoms with E-state index in [1.807, 2.05) is 0 Å². The maximum Gasteiger partial charge on any atom is 0.174 e. The highest BCUT2D eigenvalue weighted by Crippen LogP contribution is 2.31. The predicted molar refractivity (Wildman–Crippen MR) is 67.8 cm³/mol. The number of aromatic nitrogens is 3. The van der Waals surface area contributed by atoms with Crippen molar-refractivity contribution in [2.75, 3.05) is 0 Å². The summed E-state index contributed by atoms with van der Waals surface area (Å²) in [5.41, 5.74) is 1.34. The Morgan fingerprint density at radius 3 is 2.44 bits per heavy atom. The van der Waals surface area contributed by atoms with E-state index in [2.05, 4.69) is 55.4 Å². The quantitative estimate of drug-likeness (QED) is 0.758. The fourth-order valence-corrected chi connectivity index (χ4v) is 2.59. The molecule has 3 nitrogen and oxygen atoms in total. The van der Waals surface area contributed by atoms with E-state index < -0.39 is 0 Å². The standard InChI is InChI=1S/C12H17N3S/c1-8-6-10(16-9(8)2)11-14-13-7-15(11)12(3,4)5/h6-7H,1-5H3. The fraction of sp³-hybridized carbons (Fsp3) is 0.500. The summed E-state index contributed by atoms with van der Waals surface area (Å²) in [6.07, 6.45) is 1.81. The van der Waals surface area contributed by atoms with E-state index in [-0.39, 0.29) is 5.54 Å². The molecule has 0 aromatic carbocycles. The minimum absolute atomic E-state index is 0.0185. The van der Waals surface area contributed by atoms with Crippen LogP contribution in [-0.2, 0) is 5.54 Å². The van der Waals surface area contributed by atoms with Crippen molar-refractivity contribution in [1.29, 1.82) is 0 Å². The number of thiophene rings is 1. The molecule has 86 valence electrons. The van der Waals surface area contributed by atoms with Crippen molar-refractivity contribution in [3.63, 3.8) is 0 Å². The summed E-state index contributed by atoms with van der Waals surface area (Å²) in [5, 5.41) is 8.25. The van der Waals surface area contributed by atoms with Crippen LogP contribution in [0.4, 0.5) is 0 Å². The third-order valence-corrected chi connectivity index (χ3v) is 3.81. The summed E-state index contributed by atoms with van der Waals surface area (Å²) in [5.74, 6) is 0.966. The number of hydrogen-bond donors (Lipinski definition) is 0. The van der Waals surface area contributed by atoms with Crippen LogP contribution in [0.1, 0.15) is 31.2 Å². The number of hydrogen-bond acceptors (Lipinski definition) is 3. The zero-order valence-electron chi connectivity index (χ0n) is 10.4. The average molecular weight is 235 g/mol. The molecule has 0 aliphatic carbocycles. The fourth-order valence-electron chi connectivity index (χ4n) is 1.58. The molecule has 0 saturated carbocycles. The Hall–Kier alpha value is -1.16. The van der Waals surface area contributed by atoms with E-state index in [1.54, 1.807) is 17.7 Å². The van der Waals surface area contributed by atoms with E-state index in [0.29, 0.717) is 0 Å². The predicted octanol–water partition coefficient (Wildman–Crippen LogP) is 3.38. The molecule has 0 aliphatic heterocycles. The van der Waals surface area contributed by atoms with Gasteiger partial charge >= 0.3 is 0 Å². The van der Waals surface area contributed by atoms with Crippen LogP contribution in [0.5, 0.6) is 0 Å². The SMILES string of the molecule is Cc1cc(-c2nncn2C(C)(C)C)sc1C. The van der Waals surface area contributed by atoms with Gasteiger partial charge in [0.15, 0.2) is 5.82 Å². The zero-order valence-corrected chi connectivity index (χ0v) is 11.2. The zero-order chi connectivity index (χ0) is 11.9. The van der Waals surface area contributed by atoms with Crippen LogP contribution < -0.4 is 0 Å². The van der Waals surface area contributed by atoms with E-state index in [1.165, 1.54) is 15.3 Å². The van der Waals surface area contributed by atoms with Crippen LogP contribution in [0.15, 0.2) is 12.4 Å². The van der Waals surface area contributed by atoms with Crippen molar-refractivity contribution in [3.8, 4) is 10.7 Å². The molecule has 2 aromatic rings. The minimum Gasteiger partial charge on any atom is -0.308 e. The Balaban J connectivity index is 2.53. The van der Waals surface area contributed by atoms with Crippen LogP contribution >= 0.6 is 11.3 Å². The molecule has 0 atom stereocenters. The second-order valence-corrected chi connectivity index (χ2v) is 6.30. The van der Waals surface area contributed by atoms with Crippen LogP contribution in [-0.4, -0.2) is 14.8 Å². The monoisotopic (exact) mass is 235 g/mol. The third kappa shape index (κ3) is 1.89. The first kappa shape index (κ1) is 11.3. The molecule has 2 aromatic heterocycles. The minimum atomic E-state index is 0.0185. The van der Waals surface area contributed by atoms with Gasteiger partial charge in [-0.05, 0) is 46.2 Å². The first-order valence-corrected chi connectivity index (χ1v) is 6.19. The van der Waals surface area contributed by atoms with Crippen LogP contribution in [0, 0.1) is 13.8 Å². The molecule has 2 heterocycles. The van der Waals surface area contributed by atoms with Crippen molar-refractivity contribution in [1.82, 2.24) is 14.8 Å². The maximum atomic E-state index is 4.23. The first-order chi connectivity index (χ1) is 7.39. The van der Waals surface area contributed by atoms with Gasteiger partial charge < -0.3 is 4.57 Å². The molecule has 0 radical (unpaired) electrons. The van der Waals surface area contributed by atoms with Gasteiger partial charge in [0.05, 0.1) is 4.88 Å². The Morgan fingerprint density at radius 2 is 1.94 bits per heavy atom. The van der Waals surface area contributed by atoms with Crippen molar-refractivity contribution in [3.05, 3.63) is 22.8 Å². The highest BCUT2D eigenvalue weighted by atomic mass is 32.1. The van der Waals surface area contributed by atoms with E-state index in [9.17, 15) is 0 Å². The van der Waals surface area contributed by atoms with E-state index >= 15 is 0 Å². The van der Waals surface area contributed by atoms with Gasteiger partial charge in [0.25, 0.3) is 0 Å². The van der Waals surface area contributed by atoms with Crippen LogP contribution in [0.25, 0.3) is 10.7 Å². The van der Waals surface area contributed by atoms with Crippen molar-refractivity contribution in [2.45, 2.75) is 40.2 Å². The molecule has 0 bridgehead atoms. The summed E-state index contributed by atoms with van der Waals surface area (Å²) >= 11 is 1.78. The van der Waals surface area contributed by atoms with Crippen LogP contribution in [0.3, 0.4) is 0 Å². The third-order valence-electron chi connectivity index (χ3n) is 2.66. The van der Waals surface area contributed by atoms with Crippen molar-refractivity contribution < 1.29 is 0 Å². The van der Waals surface area contributed by atoms with Gasteiger partial charge in [-0.2, -0.15) is 0 Å². The molecule has 0 aliphatic rings. The largest absolute Gasteiger partial charge is 0.308 e. The lowest BCUT2D eigenvalue weighted by Gasteiger charge is -2.21. The maximum absolute atomic E-state index is 4.23. The van der Waals surface area contributed by atoms with Crippen molar-refractivity contribution >= 4 is 11.3 Å². The lowest BCUT2D eigenvalue weighted by Crippen LogP contribution is -2.21. The Labute approximate surface area is 100 Å². The Kier molecular flexibility index (Phi) is 2.62. The lowest BCUT2D eigenvalue weighted by atomic mass is 10.1. The topological polar surface area (TPSA) is 30.7 Å². The molecular formula is C12H17N3S. The molecule has 0 spiro atoms. The summed E-state index contributed by atoms with van der Waals surface area (Å²) in [4.78, 5) is 2.54. The molecular weight excluding hydrogens is 218 g/mol. The second-order valence-electron chi connectivity index (χ2n) is 5.05. The summed E-state index contributed by atoms with van der Waals surface area (Å²) in [6, 6.07) is 2.19. The smallest absolute Gasteiger partial charge is 0.174 e. The van der Waals surface area contributed by atoms with Gasteiger partial charge in [0, 0.05) is 10.4 Å². The lowest BCUT2D eigenvalue weighted by molar-refractivity contribution is 0.400. The highest BCUT2D eigenvalue weighted by molar-refractivity contribution is 7.15. The number of aryl methyl sites for hydroxylation is 2. The summed E-state index contributed by atoms with van der Waals surface area (Å²) in [6.45, 7) is 10.8. The Morgan fingerprint density at radius 1 is 1.25 bits per heavy atom. The molecule has 0 saturated heterocycles. The molecule has 4 heteroatoms. The van der Waals surface area contributed by atoms with Crippen molar-refractivity contribution in [2.24, 2.45) is 0 Å². The highest BCUT2D eigenvalue weighted by Gasteiger charge is 2.20. The van der Waals surface area contributed by atoms with Gasteiger partial charge in [-0.15, -0.1) is 21.5 Å². The normalized spacial score (nSPS) is 12.1. The van der Waals surface area contributed by atoms with Gasteiger partial charge in [0.1, 0.15) is 6.33 Å². The van der Waals surface area contributed by atoms with Crippen LogP contribution in [0.2, 0.25) is 0 Å². The van der Waals surface area contributed by atoms with E-state index in [4.69, 9.17) is 0 Å². The summed E-state index contributed by atoms with van der Waals surface area (Å²) in [7, 11) is 0. The number of rotatable bonds is 1. The van der Waals surface area contributed by atoms with Gasteiger partial charge in [0.2, 0.25) is 0 Å². The average Bonchev–Trinajstić information content (AvgIpc) is 2.72.